The molecule has 4 heteroatoms. The van der Waals surface area contributed by atoms with Gasteiger partial charge in [-0.05, 0) is 0 Å². The smallest absolute Gasteiger partial charge is 0.186 e. The van der Waals surface area contributed by atoms with Crippen LogP contribution in [-0.2, 0) is 0 Å². The molecule has 0 atom stereocenters. The van der Waals surface area contributed by atoms with Gasteiger partial charge in [0.25, 0.3) is 0 Å². The first-order chi connectivity index (χ1) is 9.75. The molecule has 3 aromatic rings. The zero-order valence-corrected chi connectivity index (χ0v) is 11.2. The quantitative estimate of drug-likeness (QED) is 0.643. The Hall–Kier alpha value is -2.26. The minimum Gasteiger partial charge on any atom is -0.225 e. The molecule has 0 radical (unpaired) electrons. The standard InChI is InChI=1S/C16H10ClFN2/c17-15-13(18)14(11-7-3-1-4-8-11)19-16(20-15)12-9-5-2-6-10-12/h1-10H. The van der Waals surface area contributed by atoms with Crippen molar-refractivity contribution in [3.05, 3.63) is 71.6 Å². The van der Waals surface area contributed by atoms with Gasteiger partial charge >= 0.3 is 0 Å². The Labute approximate surface area is 120 Å². The highest BCUT2D eigenvalue weighted by atomic mass is 35.5. The van der Waals surface area contributed by atoms with Gasteiger partial charge in [0.1, 0.15) is 5.69 Å². The van der Waals surface area contributed by atoms with Crippen LogP contribution in [0.5, 0.6) is 0 Å². The highest BCUT2D eigenvalue weighted by Gasteiger charge is 2.15. The van der Waals surface area contributed by atoms with E-state index in [9.17, 15) is 4.39 Å². The molecule has 0 saturated carbocycles. The topological polar surface area (TPSA) is 25.8 Å². The van der Waals surface area contributed by atoms with E-state index in [1.807, 2.05) is 48.5 Å². The fraction of sp³-hybridized carbons (Fsp3) is 0. The molecular formula is C16H10ClFN2. The summed E-state index contributed by atoms with van der Waals surface area (Å²) < 4.78 is 14.1. The summed E-state index contributed by atoms with van der Waals surface area (Å²) in [5, 5.41) is -0.169. The third-order valence-corrected chi connectivity index (χ3v) is 3.14. The van der Waals surface area contributed by atoms with Crippen LogP contribution in [0.4, 0.5) is 4.39 Å². The number of hydrogen-bond donors (Lipinski definition) is 0. The average molecular weight is 285 g/mol. The lowest BCUT2D eigenvalue weighted by molar-refractivity contribution is 0.619. The molecule has 0 saturated heterocycles. The van der Waals surface area contributed by atoms with E-state index >= 15 is 0 Å². The highest BCUT2D eigenvalue weighted by molar-refractivity contribution is 6.29. The van der Waals surface area contributed by atoms with Crippen LogP contribution in [-0.4, -0.2) is 9.97 Å². The Morgan fingerprint density at radius 1 is 0.750 bits per heavy atom. The molecule has 0 aliphatic heterocycles. The molecule has 0 amide bonds. The molecule has 0 aliphatic rings. The molecule has 0 spiro atoms. The lowest BCUT2D eigenvalue weighted by atomic mass is 10.1. The van der Waals surface area contributed by atoms with E-state index in [-0.39, 0.29) is 10.8 Å². The average Bonchev–Trinajstić information content (AvgIpc) is 2.51. The van der Waals surface area contributed by atoms with E-state index in [2.05, 4.69) is 9.97 Å². The summed E-state index contributed by atoms with van der Waals surface area (Å²) >= 11 is 5.89. The van der Waals surface area contributed by atoms with Gasteiger partial charge in [0, 0.05) is 11.1 Å². The van der Waals surface area contributed by atoms with Crippen molar-refractivity contribution >= 4 is 11.6 Å². The molecule has 2 nitrogen and oxygen atoms in total. The van der Waals surface area contributed by atoms with Crippen molar-refractivity contribution in [3.8, 4) is 22.6 Å². The van der Waals surface area contributed by atoms with Gasteiger partial charge in [0.2, 0.25) is 0 Å². The summed E-state index contributed by atoms with van der Waals surface area (Å²) in [5.74, 6) is -0.187. The van der Waals surface area contributed by atoms with Gasteiger partial charge in [0.05, 0.1) is 0 Å². The van der Waals surface area contributed by atoms with Gasteiger partial charge < -0.3 is 0 Å². The van der Waals surface area contributed by atoms with Crippen molar-refractivity contribution in [2.24, 2.45) is 0 Å². The first kappa shape index (κ1) is 12.8. The lowest BCUT2D eigenvalue weighted by Crippen LogP contribution is -1.97. The molecule has 0 unspecified atom stereocenters. The number of benzene rings is 2. The summed E-state index contributed by atoms with van der Waals surface area (Å²) in [6.45, 7) is 0. The van der Waals surface area contributed by atoms with Crippen molar-refractivity contribution < 1.29 is 4.39 Å². The number of rotatable bonds is 2. The zero-order valence-electron chi connectivity index (χ0n) is 10.4. The van der Waals surface area contributed by atoms with Gasteiger partial charge in [-0.2, -0.15) is 0 Å². The number of halogens is 2. The van der Waals surface area contributed by atoms with E-state index in [0.717, 1.165) is 5.56 Å². The van der Waals surface area contributed by atoms with Crippen LogP contribution in [0.25, 0.3) is 22.6 Å². The van der Waals surface area contributed by atoms with E-state index in [4.69, 9.17) is 11.6 Å². The summed E-state index contributed by atoms with van der Waals surface area (Å²) in [7, 11) is 0. The summed E-state index contributed by atoms with van der Waals surface area (Å²) in [5.41, 5.74) is 1.68. The fourth-order valence-corrected chi connectivity index (χ4v) is 2.09. The Bertz CT molecular complexity index is 730. The van der Waals surface area contributed by atoms with Gasteiger partial charge in [-0.3, -0.25) is 0 Å². The molecule has 0 fully saturated rings. The highest BCUT2D eigenvalue weighted by Crippen LogP contribution is 2.27. The van der Waals surface area contributed by atoms with Crippen LogP contribution < -0.4 is 0 Å². The second-order valence-corrected chi connectivity index (χ2v) is 4.59. The van der Waals surface area contributed by atoms with Crippen LogP contribution in [0.15, 0.2) is 60.7 Å². The third-order valence-electron chi connectivity index (χ3n) is 2.89. The van der Waals surface area contributed by atoms with E-state index in [1.165, 1.54) is 0 Å². The van der Waals surface area contributed by atoms with Crippen molar-refractivity contribution in [2.75, 3.05) is 0 Å². The largest absolute Gasteiger partial charge is 0.225 e. The van der Waals surface area contributed by atoms with Gasteiger partial charge in [0.15, 0.2) is 16.8 Å². The van der Waals surface area contributed by atoms with Crippen molar-refractivity contribution in [1.82, 2.24) is 9.97 Å². The molecular weight excluding hydrogens is 275 g/mol. The molecule has 3 rings (SSSR count). The Kier molecular flexibility index (Phi) is 3.44. The Morgan fingerprint density at radius 3 is 1.90 bits per heavy atom. The van der Waals surface area contributed by atoms with Crippen molar-refractivity contribution in [2.45, 2.75) is 0 Å². The minimum atomic E-state index is -0.599. The number of hydrogen-bond acceptors (Lipinski definition) is 2. The van der Waals surface area contributed by atoms with E-state index in [0.29, 0.717) is 11.4 Å². The first-order valence-corrected chi connectivity index (χ1v) is 6.47. The molecule has 0 bridgehead atoms. The Balaban J connectivity index is 2.19. The summed E-state index contributed by atoms with van der Waals surface area (Å²) in [6.07, 6.45) is 0. The maximum Gasteiger partial charge on any atom is 0.186 e. The summed E-state index contributed by atoms with van der Waals surface area (Å²) in [6, 6.07) is 18.5. The number of nitrogens with zero attached hydrogens (tertiary/aromatic N) is 2. The second kappa shape index (κ2) is 5.39. The molecule has 0 N–H and O–H groups in total. The van der Waals surface area contributed by atoms with Gasteiger partial charge in [-0.25, -0.2) is 14.4 Å². The van der Waals surface area contributed by atoms with Gasteiger partial charge in [-0.1, -0.05) is 72.3 Å². The normalized spacial score (nSPS) is 10.5. The third kappa shape index (κ3) is 2.40. The van der Waals surface area contributed by atoms with Crippen LogP contribution >= 0.6 is 11.6 Å². The maximum absolute atomic E-state index is 14.1. The first-order valence-electron chi connectivity index (χ1n) is 6.09. The predicted molar refractivity (Wildman–Crippen MR) is 77.9 cm³/mol. The maximum atomic E-state index is 14.1. The minimum absolute atomic E-state index is 0.169. The van der Waals surface area contributed by atoms with Gasteiger partial charge in [-0.15, -0.1) is 0 Å². The van der Waals surface area contributed by atoms with E-state index in [1.54, 1.807) is 12.1 Å². The SMILES string of the molecule is Fc1c(Cl)nc(-c2ccccc2)nc1-c1ccccc1. The molecule has 2 aromatic carbocycles. The number of aromatic nitrogens is 2. The predicted octanol–water partition coefficient (Wildman–Crippen LogP) is 4.60. The molecule has 98 valence electrons. The lowest BCUT2D eigenvalue weighted by Gasteiger charge is -2.07. The monoisotopic (exact) mass is 284 g/mol. The van der Waals surface area contributed by atoms with Crippen LogP contribution in [0.1, 0.15) is 0 Å². The zero-order chi connectivity index (χ0) is 13.9. The second-order valence-electron chi connectivity index (χ2n) is 4.23. The van der Waals surface area contributed by atoms with Crippen molar-refractivity contribution in [3.63, 3.8) is 0 Å². The molecule has 0 aliphatic carbocycles. The van der Waals surface area contributed by atoms with Crippen LogP contribution in [0.2, 0.25) is 5.15 Å². The van der Waals surface area contributed by atoms with E-state index < -0.39 is 5.82 Å². The molecule has 1 aromatic heterocycles. The molecule has 1 heterocycles. The van der Waals surface area contributed by atoms with Crippen molar-refractivity contribution in [1.29, 1.82) is 0 Å². The molecule has 20 heavy (non-hydrogen) atoms. The summed E-state index contributed by atoms with van der Waals surface area (Å²) in [4.78, 5) is 8.31. The van der Waals surface area contributed by atoms with Crippen LogP contribution in [0, 0.1) is 5.82 Å². The van der Waals surface area contributed by atoms with Crippen LogP contribution in [0.3, 0.4) is 0 Å². The fourth-order valence-electron chi connectivity index (χ4n) is 1.92. The Morgan fingerprint density at radius 2 is 1.30 bits per heavy atom.